The predicted molar refractivity (Wildman–Crippen MR) is 67.3 cm³/mol. The van der Waals surface area contributed by atoms with Crippen molar-refractivity contribution in [2.75, 3.05) is 20.3 Å². The van der Waals surface area contributed by atoms with E-state index in [1.807, 2.05) is 6.07 Å². The van der Waals surface area contributed by atoms with Crippen LogP contribution in [-0.4, -0.2) is 25.2 Å². The Kier molecular flexibility index (Phi) is 12.1. The van der Waals surface area contributed by atoms with Crippen LogP contribution in [0.3, 0.4) is 0 Å². The largest absolute Gasteiger partial charge is 0.383 e. The van der Waals surface area contributed by atoms with E-state index < -0.39 is 0 Å². The third-order valence-electron chi connectivity index (χ3n) is 1.60. The van der Waals surface area contributed by atoms with Crippen molar-refractivity contribution in [1.82, 2.24) is 10.3 Å². The highest BCUT2D eigenvalue weighted by Gasteiger charge is 1.92. The van der Waals surface area contributed by atoms with Crippen molar-refractivity contribution in [2.24, 2.45) is 0 Å². The maximum absolute atomic E-state index is 5.64. The van der Waals surface area contributed by atoms with E-state index in [1.54, 1.807) is 19.4 Å². The molecule has 1 aromatic heterocycles. The summed E-state index contributed by atoms with van der Waals surface area (Å²) in [6, 6.07) is 3.74. The number of nitrogens with one attached hydrogen (secondary N) is 1. The molecule has 0 bridgehead atoms. The van der Waals surface area contributed by atoms with E-state index in [0.29, 0.717) is 5.15 Å². The fourth-order valence-electron chi connectivity index (χ4n) is 0.918. The van der Waals surface area contributed by atoms with Crippen LogP contribution in [-0.2, 0) is 11.3 Å². The van der Waals surface area contributed by atoms with Crippen molar-refractivity contribution >= 4 is 36.4 Å². The van der Waals surface area contributed by atoms with Crippen LogP contribution in [0.4, 0.5) is 0 Å². The van der Waals surface area contributed by atoms with E-state index in [4.69, 9.17) is 16.3 Å². The molecule has 0 atom stereocenters. The van der Waals surface area contributed by atoms with Gasteiger partial charge < -0.3 is 10.1 Å². The van der Waals surface area contributed by atoms with Crippen LogP contribution in [0.25, 0.3) is 0 Å². The van der Waals surface area contributed by atoms with Crippen LogP contribution in [0.2, 0.25) is 5.15 Å². The molecule has 0 aromatic carbocycles. The SMILES string of the molecule is COCCNCc1ccc(Cl)nc1.Cl.Cl. The molecule has 88 valence electrons. The van der Waals surface area contributed by atoms with E-state index in [9.17, 15) is 0 Å². The zero-order chi connectivity index (χ0) is 9.52. The smallest absolute Gasteiger partial charge is 0.129 e. The fourth-order valence-corrected chi connectivity index (χ4v) is 1.03. The fraction of sp³-hybridized carbons (Fsp3) is 0.444. The third-order valence-corrected chi connectivity index (χ3v) is 1.82. The van der Waals surface area contributed by atoms with Crippen molar-refractivity contribution in [3.05, 3.63) is 29.0 Å². The first-order chi connectivity index (χ1) is 6.33. The number of ether oxygens (including phenoxy) is 1. The summed E-state index contributed by atoms with van der Waals surface area (Å²) < 4.78 is 4.90. The molecule has 0 aliphatic carbocycles. The summed E-state index contributed by atoms with van der Waals surface area (Å²) in [6.07, 6.45) is 1.77. The quantitative estimate of drug-likeness (QED) is 0.660. The van der Waals surface area contributed by atoms with Gasteiger partial charge in [0.05, 0.1) is 6.61 Å². The summed E-state index contributed by atoms with van der Waals surface area (Å²) in [6.45, 7) is 2.37. The van der Waals surface area contributed by atoms with Gasteiger partial charge in [-0.25, -0.2) is 4.98 Å². The molecular weight excluding hydrogens is 258 g/mol. The molecule has 0 spiro atoms. The molecule has 1 aromatic rings. The normalized spacial score (nSPS) is 8.93. The van der Waals surface area contributed by atoms with Crippen LogP contribution < -0.4 is 5.32 Å². The van der Waals surface area contributed by atoms with Gasteiger partial charge in [0.2, 0.25) is 0 Å². The highest BCUT2D eigenvalue weighted by molar-refractivity contribution is 6.29. The first kappa shape index (κ1) is 17.3. The summed E-state index contributed by atoms with van der Waals surface area (Å²) in [5, 5.41) is 3.74. The van der Waals surface area contributed by atoms with Gasteiger partial charge >= 0.3 is 0 Å². The van der Waals surface area contributed by atoms with Gasteiger partial charge in [-0.2, -0.15) is 0 Å². The minimum Gasteiger partial charge on any atom is -0.383 e. The summed E-state index contributed by atoms with van der Waals surface area (Å²) in [7, 11) is 1.69. The second-order valence-electron chi connectivity index (χ2n) is 2.66. The molecule has 1 heterocycles. The molecule has 15 heavy (non-hydrogen) atoms. The van der Waals surface area contributed by atoms with Gasteiger partial charge in [-0.3, -0.25) is 0 Å². The van der Waals surface area contributed by atoms with Gasteiger partial charge in [0, 0.05) is 26.4 Å². The molecule has 0 aliphatic rings. The minimum absolute atomic E-state index is 0. The number of hydrogen-bond donors (Lipinski definition) is 1. The lowest BCUT2D eigenvalue weighted by Gasteiger charge is -2.03. The van der Waals surface area contributed by atoms with E-state index in [1.165, 1.54) is 0 Å². The summed E-state index contributed by atoms with van der Waals surface area (Å²) in [5.74, 6) is 0. The van der Waals surface area contributed by atoms with Crippen LogP contribution in [0.1, 0.15) is 5.56 Å². The molecule has 6 heteroatoms. The first-order valence-corrected chi connectivity index (χ1v) is 4.51. The number of nitrogens with zero attached hydrogens (tertiary/aromatic N) is 1. The Labute approximate surface area is 107 Å². The zero-order valence-corrected chi connectivity index (χ0v) is 10.8. The lowest BCUT2D eigenvalue weighted by Crippen LogP contribution is -2.18. The minimum atomic E-state index is 0. The topological polar surface area (TPSA) is 34.1 Å². The zero-order valence-electron chi connectivity index (χ0n) is 8.40. The number of methoxy groups -OCH3 is 1. The van der Waals surface area contributed by atoms with Crippen molar-refractivity contribution in [3.63, 3.8) is 0 Å². The Morgan fingerprint density at radius 1 is 1.40 bits per heavy atom. The van der Waals surface area contributed by atoms with Crippen molar-refractivity contribution < 1.29 is 4.74 Å². The average molecular weight is 274 g/mol. The molecule has 3 nitrogen and oxygen atoms in total. The highest BCUT2D eigenvalue weighted by atomic mass is 35.5. The monoisotopic (exact) mass is 272 g/mol. The summed E-state index contributed by atoms with van der Waals surface area (Å²) in [5.41, 5.74) is 1.13. The van der Waals surface area contributed by atoms with Gasteiger partial charge in [0.25, 0.3) is 0 Å². The molecule has 0 saturated heterocycles. The molecule has 0 unspecified atom stereocenters. The van der Waals surface area contributed by atoms with E-state index in [0.717, 1.165) is 25.3 Å². The maximum Gasteiger partial charge on any atom is 0.129 e. The molecule has 0 amide bonds. The Hall–Kier alpha value is -0.0600. The number of rotatable bonds is 5. The van der Waals surface area contributed by atoms with Gasteiger partial charge in [-0.05, 0) is 11.6 Å². The van der Waals surface area contributed by atoms with Crippen molar-refractivity contribution in [2.45, 2.75) is 6.54 Å². The van der Waals surface area contributed by atoms with Gasteiger partial charge in [0.15, 0.2) is 0 Å². The molecule has 1 N–H and O–H groups in total. The van der Waals surface area contributed by atoms with Crippen LogP contribution >= 0.6 is 36.4 Å². The number of halogens is 3. The van der Waals surface area contributed by atoms with Crippen molar-refractivity contribution in [1.29, 1.82) is 0 Å². The lowest BCUT2D eigenvalue weighted by molar-refractivity contribution is 0.199. The number of hydrogen-bond acceptors (Lipinski definition) is 3. The molecule has 0 radical (unpaired) electrons. The van der Waals surface area contributed by atoms with Gasteiger partial charge in [-0.15, -0.1) is 24.8 Å². The number of pyridine rings is 1. The Morgan fingerprint density at radius 2 is 2.13 bits per heavy atom. The standard InChI is InChI=1S/C9H13ClN2O.2ClH/c1-13-5-4-11-6-8-2-3-9(10)12-7-8;;/h2-3,7,11H,4-6H2,1H3;2*1H. The molecule has 0 fully saturated rings. The first-order valence-electron chi connectivity index (χ1n) is 4.13. The second kappa shape index (κ2) is 10.5. The Morgan fingerprint density at radius 3 is 2.67 bits per heavy atom. The van der Waals surface area contributed by atoms with Gasteiger partial charge in [-0.1, -0.05) is 17.7 Å². The number of aromatic nitrogens is 1. The summed E-state index contributed by atoms with van der Waals surface area (Å²) >= 11 is 5.64. The highest BCUT2D eigenvalue weighted by Crippen LogP contribution is 2.04. The molecule has 0 aliphatic heterocycles. The van der Waals surface area contributed by atoms with E-state index in [2.05, 4.69) is 10.3 Å². The van der Waals surface area contributed by atoms with Crippen LogP contribution in [0.5, 0.6) is 0 Å². The Bertz CT molecular complexity index is 244. The molecule has 0 saturated carbocycles. The molecule has 1 rings (SSSR count). The average Bonchev–Trinajstić information content (AvgIpc) is 2.15. The van der Waals surface area contributed by atoms with Crippen molar-refractivity contribution in [3.8, 4) is 0 Å². The van der Waals surface area contributed by atoms with Crippen LogP contribution in [0, 0.1) is 0 Å². The van der Waals surface area contributed by atoms with Crippen LogP contribution in [0.15, 0.2) is 18.3 Å². The van der Waals surface area contributed by atoms with E-state index in [-0.39, 0.29) is 24.8 Å². The predicted octanol–water partition coefficient (Wildman–Crippen LogP) is 2.31. The van der Waals surface area contributed by atoms with Gasteiger partial charge in [0.1, 0.15) is 5.15 Å². The second-order valence-corrected chi connectivity index (χ2v) is 3.05. The summed E-state index contributed by atoms with van der Waals surface area (Å²) in [4.78, 5) is 3.97. The molecular formula is C9H15Cl3N2O. The Balaban J connectivity index is 0. The third kappa shape index (κ3) is 7.82. The lowest BCUT2D eigenvalue weighted by atomic mass is 10.3. The van der Waals surface area contributed by atoms with E-state index >= 15 is 0 Å². The maximum atomic E-state index is 5.64.